The molecule has 6 heteroatoms. The SMILES string of the molecule is C=COC.CB(O)n1ccc(CCO[Si](c2ccccc2)(c2ccccc2)C(C)(C)C)c1. The number of rotatable bonds is 8. The quantitative estimate of drug-likeness (QED) is 0.411. The lowest BCUT2D eigenvalue weighted by atomic mass is 9.89. The van der Waals surface area contributed by atoms with Gasteiger partial charge in [-0.3, -0.25) is 0 Å². The molecule has 0 aliphatic heterocycles. The molecule has 0 bridgehead atoms. The standard InChI is InChI=1S/C23H30BNO2Si.C3H6O/c1-23(2,3)28(21-11-7-5-8-12-21,22-13-9-6-10-14-22)27-18-16-20-15-17-25(19-20)24(4)26;1-3-4-2/h5-15,17,19,26H,16,18H2,1-4H3;3H,1H2,2H3. The fourth-order valence-electron chi connectivity index (χ4n) is 3.92. The van der Waals surface area contributed by atoms with Crippen molar-refractivity contribution < 1.29 is 14.2 Å². The zero-order valence-corrected chi connectivity index (χ0v) is 21.0. The summed E-state index contributed by atoms with van der Waals surface area (Å²) in [6.07, 6.45) is 6.12. The summed E-state index contributed by atoms with van der Waals surface area (Å²) in [6, 6.07) is 23.5. The highest BCUT2D eigenvalue weighted by Crippen LogP contribution is 2.36. The molecule has 0 amide bonds. The van der Waals surface area contributed by atoms with Crippen molar-refractivity contribution in [2.45, 2.75) is 39.1 Å². The number of aromatic nitrogens is 1. The average Bonchev–Trinajstić information content (AvgIpc) is 3.27. The molecule has 3 aromatic rings. The molecule has 170 valence electrons. The van der Waals surface area contributed by atoms with Crippen LogP contribution in [-0.2, 0) is 15.6 Å². The molecule has 0 aliphatic carbocycles. The zero-order valence-electron chi connectivity index (χ0n) is 20.0. The van der Waals surface area contributed by atoms with Crippen LogP contribution in [0.5, 0.6) is 0 Å². The van der Waals surface area contributed by atoms with Gasteiger partial charge in [0.25, 0.3) is 8.32 Å². The van der Waals surface area contributed by atoms with Gasteiger partial charge in [-0.15, -0.1) is 0 Å². The van der Waals surface area contributed by atoms with Crippen molar-refractivity contribution in [3.8, 4) is 0 Å². The Morgan fingerprint density at radius 1 is 1.00 bits per heavy atom. The van der Waals surface area contributed by atoms with Crippen molar-refractivity contribution in [1.82, 2.24) is 4.48 Å². The summed E-state index contributed by atoms with van der Waals surface area (Å²) in [5, 5.41) is 12.3. The molecule has 32 heavy (non-hydrogen) atoms. The van der Waals surface area contributed by atoms with Crippen molar-refractivity contribution in [1.29, 1.82) is 0 Å². The monoisotopic (exact) mass is 449 g/mol. The van der Waals surface area contributed by atoms with E-state index in [4.69, 9.17) is 4.43 Å². The van der Waals surface area contributed by atoms with Gasteiger partial charge in [0.1, 0.15) is 0 Å². The van der Waals surface area contributed by atoms with Gasteiger partial charge < -0.3 is 18.7 Å². The normalized spacial score (nSPS) is 11.3. The maximum absolute atomic E-state index is 9.73. The Morgan fingerprint density at radius 2 is 1.50 bits per heavy atom. The van der Waals surface area contributed by atoms with Crippen LogP contribution in [0, 0.1) is 0 Å². The third kappa shape index (κ3) is 6.25. The van der Waals surface area contributed by atoms with E-state index in [1.165, 1.54) is 22.2 Å². The van der Waals surface area contributed by atoms with Gasteiger partial charge in [-0.2, -0.15) is 0 Å². The van der Waals surface area contributed by atoms with E-state index in [0.29, 0.717) is 6.61 Å². The van der Waals surface area contributed by atoms with Crippen molar-refractivity contribution in [3.63, 3.8) is 0 Å². The molecule has 0 fully saturated rings. The lowest BCUT2D eigenvalue weighted by molar-refractivity contribution is 0.302. The van der Waals surface area contributed by atoms with E-state index in [-0.39, 0.29) is 5.04 Å². The Labute approximate surface area is 194 Å². The van der Waals surface area contributed by atoms with Crippen LogP contribution in [0.2, 0.25) is 11.9 Å². The largest absolute Gasteiger partial charge is 0.505 e. The second-order valence-corrected chi connectivity index (χ2v) is 13.1. The summed E-state index contributed by atoms with van der Waals surface area (Å²) in [7, 11) is -1.42. The fraction of sp³-hybridized carbons (Fsp3) is 0.308. The van der Waals surface area contributed by atoms with E-state index in [9.17, 15) is 5.02 Å². The van der Waals surface area contributed by atoms with Crippen LogP contribution in [0.1, 0.15) is 26.3 Å². The highest BCUT2D eigenvalue weighted by atomic mass is 28.4. The second kappa shape index (κ2) is 11.9. The summed E-state index contributed by atoms with van der Waals surface area (Å²) in [4.78, 5) is 0. The molecule has 0 saturated heterocycles. The lowest BCUT2D eigenvalue weighted by Crippen LogP contribution is -2.66. The molecule has 3 rings (SSSR count). The van der Waals surface area contributed by atoms with E-state index in [0.717, 1.165) is 6.42 Å². The molecule has 1 N–H and O–H groups in total. The third-order valence-electron chi connectivity index (χ3n) is 5.50. The minimum atomic E-state index is -2.47. The maximum atomic E-state index is 9.73. The number of benzene rings is 2. The van der Waals surface area contributed by atoms with Crippen LogP contribution in [-0.4, -0.2) is 38.6 Å². The van der Waals surface area contributed by atoms with Crippen LogP contribution in [0.3, 0.4) is 0 Å². The van der Waals surface area contributed by atoms with Crippen LogP contribution in [0.4, 0.5) is 0 Å². The first-order chi connectivity index (χ1) is 15.3. The van der Waals surface area contributed by atoms with Crippen molar-refractivity contribution >= 4 is 25.7 Å². The number of hydrogen-bond acceptors (Lipinski definition) is 3. The average molecular weight is 449 g/mol. The summed E-state index contributed by atoms with van der Waals surface area (Å²) in [5.41, 5.74) is 1.18. The molecular weight excluding hydrogens is 413 g/mol. The van der Waals surface area contributed by atoms with Crippen LogP contribution < -0.4 is 10.4 Å². The predicted molar refractivity (Wildman–Crippen MR) is 138 cm³/mol. The molecule has 4 nitrogen and oxygen atoms in total. The third-order valence-corrected chi connectivity index (χ3v) is 10.5. The van der Waals surface area contributed by atoms with Crippen molar-refractivity contribution in [3.05, 3.63) is 97.5 Å². The summed E-state index contributed by atoms with van der Waals surface area (Å²) in [6.45, 7) is 12.6. The van der Waals surface area contributed by atoms with E-state index >= 15 is 0 Å². The van der Waals surface area contributed by atoms with E-state index in [2.05, 4.69) is 98.8 Å². The molecule has 0 spiro atoms. The first-order valence-corrected chi connectivity index (χ1v) is 12.9. The van der Waals surface area contributed by atoms with Crippen LogP contribution in [0.15, 0.2) is 92.0 Å². The predicted octanol–water partition coefficient (Wildman–Crippen LogP) is 4.34. The van der Waals surface area contributed by atoms with Gasteiger partial charge in [0.2, 0.25) is 0 Å². The highest BCUT2D eigenvalue weighted by molar-refractivity contribution is 6.99. The van der Waals surface area contributed by atoms with E-state index in [1.54, 1.807) is 13.9 Å². The number of ether oxygens (including phenoxy) is 1. The second-order valence-electron chi connectivity index (χ2n) is 8.76. The van der Waals surface area contributed by atoms with Crippen molar-refractivity contribution in [2.75, 3.05) is 13.7 Å². The highest BCUT2D eigenvalue weighted by Gasteiger charge is 2.49. The Balaban J connectivity index is 0.000000837. The molecule has 2 aromatic carbocycles. The molecule has 1 heterocycles. The van der Waals surface area contributed by atoms with Gasteiger partial charge in [0.15, 0.2) is 0 Å². The van der Waals surface area contributed by atoms with Gasteiger partial charge in [0, 0.05) is 6.61 Å². The molecule has 0 unspecified atom stereocenters. The smallest absolute Gasteiger partial charge is 0.413 e. The molecular formula is C26H36BNO3Si. The molecule has 0 aliphatic rings. The Kier molecular flexibility index (Phi) is 9.57. The minimum Gasteiger partial charge on any atom is -0.505 e. The Bertz CT molecular complexity index is 897. The first kappa shape index (κ1) is 25.7. The van der Waals surface area contributed by atoms with Gasteiger partial charge in [-0.1, -0.05) is 88.0 Å². The van der Waals surface area contributed by atoms with Gasteiger partial charge in [-0.25, -0.2) is 0 Å². The summed E-state index contributed by atoms with van der Waals surface area (Å²) >= 11 is 0. The fourth-order valence-corrected chi connectivity index (χ4v) is 8.49. The summed E-state index contributed by atoms with van der Waals surface area (Å²) < 4.78 is 13.0. The number of hydrogen-bond donors (Lipinski definition) is 1. The molecule has 0 radical (unpaired) electrons. The topological polar surface area (TPSA) is 43.6 Å². The summed E-state index contributed by atoms with van der Waals surface area (Å²) in [5.74, 6) is 0. The maximum Gasteiger partial charge on any atom is 0.413 e. The zero-order chi connectivity index (χ0) is 23.6. The van der Waals surface area contributed by atoms with Crippen molar-refractivity contribution in [2.24, 2.45) is 0 Å². The van der Waals surface area contributed by atoms with Gasteiger partial charge in [0.05, 0.1) is 13.4 Å². The molecule has 0 saturated carbocycles. The Morgan fingerprint density at radius 3 is 1.88 bits per heavy atom. The van der Waals surface area contributed by atoms with Gasteiger partial charge >= 0.3 is 7.05 Å². The lowest BCUT2D eigenvalue weighted by Gasteiger charge is -2.43. The molecule has 1 aromatic heterocycles. The first-order valence-electron chi connectivity index (χ1n) is 11.0. The van der Waals surface area contributed by atoms with Crippen LogP contribution in [0.25, 0.3) is 0 Å². The minimum absolute atomic E-state index is 0.0126. The van der Waals surface area contributed by atoms with E-state index in [1.807, 2.05) is 16.9 Å². The number of methoxy groups -OCH3 is 1. The number of nitrogens with zero attached hydrogens (tertiary/aromatic N) is 1. The van der Waals surface area contributed by atoms with E-state index < -0.39 is 15.4 Å². The van der Waals surface area contributed by atoms with Crippen LogP contribution >= 0.6 is 0 Å². The van der Waals surface area contributed by atoms with Gasteiger partial charge in [-0.05, 0) is 52.7 Å². The molecule has 0 atom stereocenters. The Hall–Kier alpha value is -2.54.